The van der Waals surface area contributed by atoms with Gasteiger partial charge in [0.1, 0.15) is 0 Å². The molecule has 18 heavy (non-hydrogen) atoms. The molecule has 2 aliphatic rings. The van der Waals surface area contributed by atoms with E-state index in [4.69, 9.17) is 17.3 Å². The molecule has 1 heterocycles. The van der Waals surface area contributed by atoms with Crippen LogP contribution >= 0.6 is 11.6 Å². The van der Waals surface area contributed by atoms with Crippen molar-refractivity contribution in [3.8, 4) is 0 Å². The number of halogens is 1. The number of carbonyl (C=O) groups excluding carboxylic acids is 1. The minimum absolute atomic E-state index is 0.135. The van der Waals surface area contributed by atoms with Crippen molar-refractivity contribution < 1.29 is 4.79 Å². The molecule has 2 N–H and O–H groups in total. The van der Waals surface area contributed by atoms with Crippen LogP contribution in [0.5, 0.6) is 0 Å². The van der Waals surface area contributed by atoms with Gasteiger partial charge in [-0.2, -0.15) is 0 Å². The number of nitrogens with two attached hydrogens (primary N) is 1. The third-order valence-electron chi connectivity index (χ3n) is 4.78. The number of hydrogen-bond acceptors (Lipinski definition) is 2. The highest BCUT2D eigenvalue weighted by molar-refractivity contribution is 6.18. The van der Waals surface area contributed by atoms with Crippen molar-refractivity contribution in [2.45, 2.75) is 45.6 Å². The molecule has 0 bridgehead atoms. The fourth-order valence-electron chi connectivity index (χ4n) is 3.45. The first-order valence-corrected chi connectivity index (χ1v) is 7.61. The summed E-state index contributed by atoms with van der Waals surface area (Å²) in [6.45, 7) is 5.80. The first kappa shape index (κ1) is 14.1. The Labute approximate surface area is 115 Å². The molecule has 3 atom stereocenters. The molecule has 1 saturated carbocycles. The number of carbonyl (C=O) groups is 1. The van der Waals surface area contributed by atoms with Crippen molar-refractivity contribution in [1.29, 1.82) is 0 Å². The van der Waals surface area contributed by atoms with E-state index < -0.39 is 0 Å². The second-order valence-electron chi connectivity index (χ2n) is 6.54. The molecule has 3 unspecified atom stereocenters. The molecule has 1 aliphatic carbocycles. The Morgan fingerprint density at radius 2 is 2.22 bits per heavy atom. The van der Waals surface area contributed by atoms with E-state index in [0.717, 1.165) is 25.4 Å². The van der Waals surface area contributed by atoms with Gasteiger partial charge in [-0.15, -0.1) is 11.6 Å². The normalized spacial score (nSPS) is 33.6. The van der Waals surface area contributed by atoms with E-state index in [9.17, 15) is 4.79 Å². The van der Waals surface area contributed by atoms with Crippen LogP contribution in [-0.4, -0.2) is 35.8 Å². The minimum atomic E-state index is -0.342. The van der Waals surface area contributed by atoms with E-state index in [2.05, 4.69) is 0 Å². The quantitative estimate of drug-likeness (QED) is 0.801. The van der Waals surface area contributed by atoms with Gasteiger partial charge >= 0.3 is 0 Å². The molecule has 1 amide bonds. The zero-order chi connectivity index (χ0) is 13.3. The molecule has 0 aromatic carbocycles. The van der Waals surface area contributed by atoms with Gasteiger partial charge in [-0.05, 0) is 42.9 Å². The zero-order valence-corrected chi connectivity index (χ0v) is 12.2. The van der Waals surface area contributed by atoms with E-state index in [0.29, 0.717) is 11.3 Å². The number of likely N-dealkylation sites (tertiary alicyclic amines) is 1. The van der Waals surface area contributed by atoms with E-state index in [1.54, 1.807) is 0 Å². The Balaban J connectivity index is 1.94. The number of hydrogen-bond donors (Lipinski definition) is 1. The number of nitrogens with zero attached hydrogens (tertiary/aromatic N) is 1. The van der Waals surface area contributed by atoms with Crippen molar-refractivity contribution >= 4 is 17.5 Å². The molecule has 104 valence electrons. The van der Waals surface area contributed by atoms with Gasteiger partial charge < -0.3 is 10.6 Å². The number of alkyl halides is 1. The summed E-state index contributed by atoms with van der Waals surface area (Å²) < 4.78 is 0. The van der Waals surface area contributed by atoms with Crippen molar-refractivity contribution in [2.75, 3.05) is 19.0 Å². The SMILES string of the molecule is CC(C)C(N)C(=O)N1CCC2(CCC(CCl)C2)C1. The molecule has 0 radical (unpaired) electrons. The molecule has 4 heteroatoms. The zero-order valence-electron chi connectivity index (χ0n) is 11.5. The summed E-state index contributed by atoms with van der Waals surface area (Å²) >= 11 is 5.96. The van der Waals surface area contributed by atoms with Crippen LogP contribution in [0.15, 0.2) is 0 Å². The van der Waals surface area contributed by atoms with Crippen LogP contribution in [0.1, 0.15) is 39.5 Å². The van der Waals surface area contributed by atoms with Gasteiger partial charge in [0, 0.05) is 19.0 Å². The van der Waals surface area contributed by atoms with Gasteiger partial charge in [-0.3, -0.25) is 4.79 Å². The Hall–Kier alpha value is -0.280. The van der Waals surface area contributed by atoms with E-state index in [1.165, 1.54) is 19.3 Å². The van der Waals surface area contributed by atoms with Crippen LogP contribution in [0.3, 0.4) is 0 Å². The Kier molecular flexibility index (Phi) is 4.22. The van der Waals surface area contributed by atoms with Crippen LogP contribution in [0, 0.1) is 17.3 Å². The van der Waals surface area contributed by atoms with Crippen molar-refractivity contribution in [3.05, 3.63) is 0 Å². The van der Waals surface area contributed by atoms with Gasteiger partial charge in [-0.25, -0.2) is 0 Å². The molecule has 0 aromatic heterocycles. The summed E-state index contributed by atoms with van der Waals surface area (Å²) in [4.78, 5) is 14.2. The maximum absolute atomic E-state index is 12.3. The molecule has 1 saturated heterocycles. The highest BCUT2D eigenvalue weighted by Gasteiger charge is 2.45. The number of amides is 1. The lowest BCUT2D eigenvalue weighted by Crippen LogP contribution is -2.46. The van der Waals surface area contributed by atoms with Crippen molar-refractivity contribution in [3.63, 3.8) is 0 Å². The fraction of sp³-hybridized carbons (Fsp3) is 0.929. The Morgan fingerprint density at radius 1 is 1.50 bits per heavy atom. The summed E-state index contributed by atoms with van der Waals surface area (Å²) in [7, 11) is 0. The van der Waals surface area contributed by atoms with Gasteiger partial charge in [0.25, 0.3) is 0 Å². The van der Waals surface area contributed by atoms with E-state index in [-0.39, 0.29) is 17.9 Å². The van der Waals surface area contributed by atoms with E-state index >= 15 is 0 Å². The highest BCUT2D eigenvalue weighted by atomic mass is 35.5. The minimum Gasteiger partial charge on any atom is -0.341 e. The lowest BCUT2D eigenvalue weighted by Gasteiger charge is -2.26. The molecule has 2 fully saturated rings. The summed E-state index contributed by atoms with van der Waals surface area (Å²) in [5.41, 5.74) is 6.32. The first-order valence-electron chi connectivity index (χ1n) is 7.08. The van der Waals surface area contributed by atoms with E-state index in [1.807, 2.05) is 18.7 Å². The second-order valence-corrected chi connectivity index (χ2v) is 6.85. The lowest BCUT2D eigenvalue weighted by molar-refractivity contribution is -0.132. The monoisotopic (exact) mass is 272 g/mol. The predicted molar refractivity (Wildman–Crippen MR) is 74.5 cm³/mol. The highest BCUT2D eigenvalue weighted by Crippen LogP contribution is 2.48. The van der Waals surface area contributed by atoms with Crippen LogP contribution in [-0.2, 0) is 4.79 Å². The van der Waals surface area contributed by atoms with Gasteiger partial charge in [0.05, 0.1) is 6.04 Å². The second kappa shape index (κ2) is 5.38. The smallest absolute Gasteiger partial charge is 0.239 e. The standard InChI is InChI=1S/C14H25ClN2O/c1-10(2)12(16)13(18)17-6-5-14(9-17)4-3-11(7-14)8-15/h10-12H,3-9,16H2,1-2H3. The maximum atomic E-state index is 12.3. The van der Waals surface area contributed by atoms with Crippen molar-refractivity contribution in [2.24, 2.45) is 23.0 Å². The molecule has 1 spiro atoms. The van der Waals surface area contributed by atoms with Gasteiger partial charge in [-0.1, -0.05) is 13.8 Å². The summed E-state index contributed by atoms with van der Waals surface area (Å²) in [6.07, 6.45) is 4.78. The van der Waals surface area contributed by atoms with Gasteiger partial charge in [0.15, 0.2) is 0 Å². The van der Waals surface area contributed by atoms with Crippen molar-refractivity contribution in [1.82, 2.24) is 4.90 Å². The predicted octanol–water partition coefficient (Wildman–Crippen LogP) is 2.23. The molecule has 2 rings (SSSR count). The van der Waals surface area contributed by atoms with Crippen LogP contribution in [0.25, 0.3) is 0 Å². The average molecular weight is 273 g/mol. The third-order valence-corrected chi connectivity index (χ3v) is 5.21. The molecular weight excluding hydrogens is 248 g/mol. The Bertz CT molecular complexity index is 321. The molecule has 0 aromatic rings. The van der Waals surface area contributed by atoms with Crippen LogP contribution < -0.4 is 5.73 Å². The average Bonchev–Trinajstić information content (AvgIpc) is 2.95. The van der Waals surface area contributed by atoms with Gasteiger partial charge in [0.2, 0.25) is 5.91 Å². The fourth-order valence-corrected chi connectivity index (χ4v) is 3.71. The summed E-state index contributed by atoms with van der Waals surface area (Å²) in [6, 6.07) is -0.342. The van der Waals surface area contributed by atoms with Crippen LogP contribution in [0.2, 0.25) is 0 Å². The molecular formula is C14H25ClN2O. The lowest BCUT2D eigenvalue weighted by atomic mass is 9.85. The molecule has 3 nitrogen and oxygen atoms in total. The topological polar surface area (TPSA) is 46.3 Å². The third kappa shape index (κ3) is 2.67. The van der Waals surface area contributed by atoms with Crippen LogP contribution in [0.4, 0.5) is 0 Å². The summed E-state index contributed by atoms with van der Waals surface area (Å²) in [5.74, 6) is 1.77. The Morgan fingerprint density at radius 3 is 2.78 bits per heavy atom. The number of rotatable bonds is 3. The maximum Gasteiger partial charge on any atom is 0.239 e. The largest absolute Gasteiger partial charge is 0.341 e. The summed E-state index contributed by atoms with van der Waals surface area (Å²) in [5, 5.41) is 0. The molecule has 1 aliphatic heterocycles. The first-order chi connectivity index (χ1) is 8.47.